The maximum Gasteiger partial charge on any atom is 0.267 e. The predicted octanol–water partition coefficient (Wildman–Crippen LogP) is 3.66. The van der Waals surface area contributed by atoms with Gasteiger partial charge in [0, 0.05) is 12.4 Å². The first-order valence-corrected chi connectivity index (χ1v) is 8.32. The molecule has 0 aliphatic carbocycles. The minimum atomic E-state index is -0.0723. The number of nitrogens with one attached hydrogen (secondary N) is 1. The zero-order valence-electron chi connectivity index (χ0n) is 12.5. The number of carbonyl (C=O) groups excluding carboxylic acids is 1. The minimum Gasteiger partial charge on any atom is -0.366 e. The van der Waals surface area contributed by atoms with Crippen LogP contribution in [0, 0.1) is 6.92 Å². The van der Waals surface area contributed by atoms with E-state index < -0.39 is 0 Å². The summed E-state index contributed by atoms with van der Waals surface area (Å²) in [6.07, 6.45) is 5.29. The molecule has 0 saturated carbocycles. The number of amides is 1. The van der Waals surface area contributed by atoms with Crippen molar-refractivity contribution in [2.24, 2.45) is 0 Å². The van der Waals surface area contributed by atoms with Crippen molar-refractivity contribution in [1.82, 2.24) is 9.88 Å². The Labute approximate surface area is 144 Å². The molecule has 0 atom stereocenters. The van der Waals surface area contributed by atoms with Crippen LogP contribution in [0.4, 0.5) is 5.69 Å². The number of anilines is 1. The molecule has 23 heavy (non-hydrogen) atoms. The topological polar surface area (TPSA) is 45.2 Å². The van der Waals surface area contributed by atoms with Gasteiger partial charge in [0.2, 0.25) is 0 Å². The first kappa shape index (κ1) is 15.7. The molecule has 1 amide bonds. The normalized spacial score (nSPS) is 16.2. The van der Waals surface area contributed by atoms with Crippen molar-refractivity contribution in [2.45, 2.75) is 6.92 Å². The smallest absolute Gasteiger partial charge is 0.267 e. The molecule has 0 bridgehead atoms. The van der Waals surface area contributed by atoms with Crippen LogP contribution in [0.1, 0.15) is 11.1 Å². The van der Waals surface area contributed by atoms with E-state index in [0.717, 1.165) is 11.3 Å². The molecular weight excluding hydrogens is 326 g/mol. The summed E-state index contributed by atoms with van der Waals surface area (Å²) in [4.78, 5) is 18.7. The lowest BCUT2D eigenvalue weighted by atomic mass is 10.1. The minimum absolute atomic E-state index is 0.0723. The molecule has 2 aromatic rings. The van der Waals surface area contributed by atoms with Gasteiger partial charge in [-0.1, -0.05) is 53.8 Å². The van der Waals surface area contributed by atoms with E-state index in [-0.39, 0.29) is 5.91 Å². The summed E-state index contributed by atoms with van der Waals surface area (Å²) >= 11 is 6.65. The number of nitrogens with zero attached hydrogens (tertiary/aromatic N) is 2. The molecule has 1 saturated heterocycles. The van der Waals surface area contributed by atoms with Crippen LogP contribution in [-0.4, -0.2) is 26.8 Å². The number of carbonyl (C=O) groups is 1. The van der Waals surface area contributed by atoms with E-state index in [0.29, 0.717) is 15.9 Å². The van der Waals surface area contributed by atoms with Crippen LogP contribution in [-0.2, 0) is 4.79 Å². The van der Waals surface area contributed by atoms with Gasteiger partial charge in [0.25, 0.3) is 5.91 Å². The largest absolute Gasteiger partial charge is 0.366 e. The Hall–Kier alpha value is -2.18. The van der Waals surface area contributed by atoms with Crippen LogP contribution in [0.3, 0.4) is 0 Å². The lowest BCUT2D eigenvalue weighted by Crippen LogP contribution is -2.33. The molecule has 4 nitrogen and oxygen atoms in total. The zero-order chi connectivity index (χ0) is 16.2. The quantitative estimate of drug-likeness (QED) is 0.679. The number of hydrogen-bond donors (Lipinski definition) is 1. The van der Waals surface area contributed by atoms with Crippen LogP contribution < -0.4 is 5.32 Å². The van der Waals surface area contributed by atoms with Gasteiger partial charge in [-0.05, 0) is 30.7 Å². The Balaban J connectivity index is 1.71. The number of hydrogen-bond acceptors (Lipinski definition) is 5. The zero-order valence-corrected chi connectivity index (χ0v) is 14.2. The van der Waals surface area contributed by atoms with Gasteiger partial charge in [0.05, 0.1) is 17.3 Å². The standard InChI is InChI=1S/C17H15N3OS2/c1-12-4-6-13(7-5-12)9-15-16(21)20(17(22)23-15)11-19-14-3-2-8-18-10-14/h2-10,19H,11H2,1H3/b15-9-. The monoisotopic (exact) mass is 341 g/mol. The third-order valence-electron chi connectivity index (χ3n) is 3.35. The number of thiocarbonyl (C=S) groups is 1. The molecule has 0 spiro atoms. The van der Waals surface area contributed by atoms with Crippen molar-refractivity contribution in [3.05, 3.63) is 64.8 Å². The summed E-state index contributed by atoms with van der Waals surface area (Å²) in [6.45, 7) is 2.37. The van der Waals surface area contributed by atoms with Gasteiger partial charge in [-0.25, -0.2) is 0 Å². The van der Waals surface area contributed by atoms with Gasteiger partial charge in [-0.15, -0.1) is 0 Å². The highest BCUT2D eigenvalue weighted by Crippen LogP contribution is 2.32. The average Bonchev–Trinajstić information content (AvgIpc) is 2.82. The highest BCUT2D eigenvalue weighted by Gasteiger charge is 2.31. The Morgan fingerprint density at radius 2 is 2.09 bits per heavy atom. The molecule has 3 rings (SSSR count). The van der Waals surface area contributed by atoms with E-state index in [1.165, 1.54) is 17.3 Å². The number of pyridine rings is 1. The summed E-state index contributed by atoms with van der Waals surface area (Å²) in [5.41, 5.74) is 3.04. The van der Waals surface area contributed by atoms with E-state index in [1.54, 1.807) is 17.3 Å². The first-order valence-electron chi connectivity index (χ1n) is 7.09. The molecule has 1 aromatic carbocycles. The van der Waals surface area contributed by atoms with E-state index in [1.807, 2.05) is 49.4 Å². The first-order chi connectivity index (χ1) is 11.1. The van der Waals surface area contributed by atoms with Gasteiger partial charge in [0.15, 0.2) is 0 Å². The second-order valence-corrected chi connectivity index (χ2v) is 6.77. The third kappa shape index (κ3) is 3.78. The van der Waals surface area contributed by atoms with Crippen molar-refractivity contribution in [1.29, 1.82) is 0 Å². The van der Waals surface area contributed by atoms with Crippen LogP contribution in [0.2, 0.25) is 0 Å². The molecule has 1 aliphatic heterocycles. The molecule has 2 heterocycles. The molecule has 116 valence electrons. The fourth-order valence-electron chi connectivity index (χ4n) is 2.09. The SMILES string of the molecule is Cc1ccc(/C=C2\SC(=S)N(CNc3cccnc3)C2=O)cc1. The fraction of sp³-hybridized carbons (Fsp3) is 0.118. The Morgan fingerprint density at radius 1 is 1.30 bits per heavy atom. The summed E-state index contributed by atoms with van der Waals surface area (Å²) in [5.74, 6) is -0.0723. The summed E-state index contributed by atoms with van der Waals surface area (Å²) in [5, 5.41) is 3.15. The van der Waals surface area contributed by atoms with Gasteiger partial charge in [-0.2, -0.15) is 0 Å². The predicted molar refractivity (Wildman–Crippen MR) is 98.9 cm³/mol. The maximum absolute atomic E-state index is 12.5. The van der Waals surface area contributed by atoms with E-state index >= 15 is 0 Å². The van der Waals surface area contributed by atoms with Crippen molar-refractivity contribution in [3.8, 4) is 0 Å². The fourth-order valence-corrected chi connectivity index (χ4v) is 3.34. The number of aromatic nitrogens is 1. The number of benzene rings is 1. The van der Waals surface area contributed by atoms with Crippen LogP contribution in [0.5, 0.6) is 0 Å². The van der Waals surface area contributed by atoms with Crippen LogP contribution in [0.15, 0.2) is 53.7 Å². The number of thioether (sulfide) groups is 1. The van der Waals surface area contributed by atoms with Gasteiger partial charge in [-0.3, -0.25) is 14.7 Å². The number of aryl methyl sites for hydroxylation is 1. The molecule has 0 unspecified atom stereocenters. The number of rotatable bonds is 4. The second kappa shape index (κ2) is 6.93. The third-order valence-corrected chi connectivity index (χ3v) is 4.73. The molecule has 0 radical (unpaired) electrons. The maximum atomic E-state index is 12.5. The Bertz CT molecular complexity index is 757. The Morgan fingerprint density at radius 3 is 2.78 bits per heavy atom. The van der Waals surface area contributed by atoms with E-state index in [9.17, 15) is 4.79 Å². The highest BCUT2D eigenvalue weighted by atomic mass is 32.2. The lowest BCUT2D eigenvalue weighted by Gasteiger charge is -2.15. The van der Waals surface area contributed by atoms with E-state index in [2.05, 4.69) is 10.3 Å². The molecule has 1 aromatic heterocycles. The highest BCUT2D eigenvalue weighted by molar-refractivity contribution is 8.26. The lowest BCUT2D eigenvalue weighted by molar-refractivity contribution is -0.121. The van der Waals surface area contributed by atoms with E-state index in [4.69, 9.17) is 12.2 Å². The second-order valence-electron chi connectivity index (χ2n) is 5.10. The van der Waals surface area contributed by atoms with Crippen LogP contribution in [0.25, 0.3) is 6.08 Å². The molecule has 6 heteroatoms. The molecule has 1 aliphatic rings. The van der Waals surface area contributed by atoms with Crippen LogP contribution >= 0.6 is 24.0 Å². The van der Waals surface area contributed by atoms with Crippen molar-refractivity contribution in [3.63, 3.8) is 0 Å². The molecule has 1 N–H and O–H groups in total. The van der Waals surface area contributed by atoms with Crippen molar-refractivity contribution >= 4 is 46.0 Å². The molecular formula is C17H15N3OS2. The average molecular weight is 341 g/mol. The molecule has 1 fully saturated rings. The summed E-state index contributed by atoms with van der Waals surface area (Å²) in [6, 6.07) is 11.8. The summed E-state index contributed by atoms with van der Waals surface area (Å²) in [7, 11) is 0. The van der Waals surface area contributed by atoms with Gasteiger partial charge < -0.3 is 5.32 Å². The summed E-state index contributed by atoms with van der Waals surface area (Å²) < 4.78 is 0.560. The van der Waals surface area contributed by atoms with Gasteiger partial charge >= 0.3 is 0 Å². The van der Waals surface area contributed by atoms with Gasteiger partial charge in [0.1, 0.15) is 4.32 Å². The van der Waals surface area contributed by atoms with Crippen molar-refractivity contribution in [2.75, 3.05) is 12.0 Å². The van der Waals surface area contributed by atoms with Crippen molar-refractivity contribution < 1.29 is 4.79 Å². The Kier molecular flexibility index (Phi) is 4.73.